The summed E-state index contributed by atoms with van der Waals surface area (Å²) in [5.41, 5.74) is 3.68. The van der Waals surface area contributed by atoms with Crippen LogP contribution < -0.4 is 9.47 Å². The van der Waals surface area contributed by atoms with Crippen LogP contribution in [0.1, 0.15) is 56.4 Å². The van der Waals surface area contributed by atoms with Crippen LogP contribution in [-0.4, -0.2) is 31.9 Å². The van der Waals surface area contributed by atoms with Crippen molar-refractivity contribution in [3.63, 3.8) is 0 Å². The van der Waals surface area contributed by atoms with Crippen molar-refractivity contribution >= 4 is 7.37 Å². The highest BCUT2D eigenvalue weighted by molar-refractivity contribution is 7.57. The van der Waals surface area contributed by atoms with E-state index in [9.17, 15) is 13.8 Å². The minimum Gasteiger partial charge on any atom is -0.497 e. The van der Waals surface area contributed by atoms with E-state index in [0.717, 1.165) is 22.3 Å². The standard InChI is InChI=1S/C30H38FO5P/c1-20(19-37(7,32)33)22-9-8-10-24(16-22)36-18-21-11-13-25(26-17-23(34-5)12-14-28(26)31)27(15-21)29(35-6)30(2,3)4/h8-17,20,29H,18-19H2,1-7H3,(H,32,33). The maximum absolute atomic E-state index is 15.0. The Balaban J connectivity index is 1.94. The highest BCUT2D eigenvalue weighted by Crippen LogP contribution is 2.43. The van der Waals surface area contributed by atoms with Gasteiger partial charge in [-0.15, -0.1) is 0 Å². The molecule has 0 heterocycles. The molecule has 5 nitrogen and oxygen atoms in total. The van der Waals surface area contributed by atoms with Crippen molar-refractivity contribution in [3.8, 4) is 22.6 Å². The Bertz CT molecular complexity index is 1260. The van der Waals surface area contributed by atoms with Crippen molar-refractivity contribution in [2.75, 3.05) is 27.0 Å². The molecule has 0 radical (unpaired) electrons. The van der Waals surface area contributed by atoms with Crippen LogP contribution in [0.3, 0.4) is 0 Å². The number of hydrogen-bond acceptors (Lipinski definition) is 4. The Hall–Kier alpha value is -2.66. The fourth-order valence-corrected chi connectivity index (χ4v) is 5.87. The lowest BCUT2D eigenvalue weighted by Gasteiger charge is -2.32. The van der Waals surface area contributed by atoms with E-state index in [2.05, 4.69) is 20.8 Å². The summed E-state index contributed by atoms with van der Waals surface area (Å²) in [4.78, 5) is 9.75. The zero-order valence-electron chi connectivity index (χ0n) is 22.7. The Morgan fingerprint density at radius 1 is 0.973 bits per heavy atom. The summed E-state index contributed by atoms with van der Waals surface area (Å²) in [6.07, 6.45) is -0.0757. The van der Waals surface area contributed by atoms with Crippen LogP contribution >= 0.6 is 7.37 Å². The average molecular weight is 529 g/mol. The molecular weight excluding hydrogens is 490 g/mol. The molecule has 0 saturated heterocycles. The second kappa shape index (κ2) is 11.8. The smallest absolute Gasteiger partial charge is 0.198 e. The number of rotatable bonds is 10. The van der Waals surface area contributed by atoms with Crippen molar-refractivity contribution < 1.29 is 28.1 Å². The van der Waals surface area contributed by atoms with Gasteiger partial charge in [-0.2, -0.15) is 0 Å². The highest BCUT2D eigenvalue weighted by atomic mass is 31.2. The molecule has 200 valence electrons. The number of benzene rings is 3. The van der Waals surface area contributed by atoms with Crippen LogP contribution in [0.15, 0.2) is 60.7 Å². The summed E-state index contributed by atoms with van der Waals surface area (Å²) in [7, 11) is 0.103. The van der Waals surface area contributed by atoms with Gasteiger partial charge in [-0.1, -0.05) is 52.0 Å². The number of ether oxygens (including phenoxy) is 3. The predicted octanol–water partition coefficient (Wildman–Crippen LogP) is 7.82. The zero-order chi connectivity index (χ0) is 27.4. The molecule has 3 unspecified atom stereocenters. The summed E-state index contributed by atoms with van der Waals surface area (Å²) in [6, 6.07) is 18.2. The normalized spacial score (nSPS) is 15.1. The van der Waals surface area contributed by atoms with Crippen LogP contribution in [-0.2, 0) is 15.9 Å². The second-order valence-corrected chi connectivity index (χ2v) is 13.2. The third-order valence-corrected chi connectivity index (χ3v) is 7.55. The second-order valence-electron chi connectivity index (χ2n) is 10.7. The van der Waals surface area contributed by atoms with Gasteiger partial charge in [-0.25, -0.2) is 4.39 Å². The highest BCUT2D eigenvalue weighted by Gasteiger charge is 2.29. The molecule has 3 aromatic rings. The van der Waals surface area contributed by atoms with Gasteiger partial charge in [0.25, 0.3) is 0 Å². The Morgan fingerprint density at radius 2 is 1.70 bits per heavy atom. The number of methoxy groups -OCH3 is 2. The summed E-state index contributed by atoms with van der Waals surface area (Å²) in [5.74, 6) is 0.855. The van der Waals surface area contributed by atoms with Crippen molar-refractivity contribution in [1.29, 1.82) is 0 Å². The SMILES string of the molecule is COc1ccc(F)c(-c2ccc(COc3cccc(C(C)CP(C)(=O)O)c3)cc2C(OC)C(C)(C)C)c1. The molecule has 0 bridgehead atoms. The monoisotopic (exact) mass is 528 g/mol. The van der Waals surface area contributed by atoms with Gasteiger partial charge in [0.15, 0.2) is 7.37 Å². The first-order valence-electron chi connectivity index (χ1n) is 12.3. The Kier molecular flexibility index (Phi) is 9.22. The lowest BCUT2D eigenvalue weighted by molar-refractivity contribution is 0.0155. The molecule has 3 rings (SSSR count). The fraction of sp³-hybridized carbons (Fsp3) is 0.400. The largest absolute Gasteiger partial charge is 0.497 e. The van der Waals surface area contributed by atoms with Crippen LogP contribution in [0.25, 0.3) is 11.1 Å². The van der Waals surface area contributed by atoms with Crippen molar-refractivity contribution in [3.05, 3.63) is 83.2 Å². The first kappa shape index (κ1) is 28.9. The molecule has 0 aliphatic heterocycles. The Labute approximate surface area is 220 Å². The molecule has 1 N–H and O–H groups in total. The quantitative estimate of drug-likeness (QED) is 0.272. The van der Waals surface area contributed by atoms with E-state index >= 15 is 0 Å². The van der Waals surface area contributed by atoms with Crippen molar-refractivity contribution in [2.45, 2.75) is 46.3 Å². The van der Waals surface area contributed by atoms with Gasteiger partial charge in [-0.05, 0) is 70.0 Å². The average Bonchev–Trinajstić information content (AvgIpc) is 2.82. The van der Waals surface area contributed by atoms with Crippen LogP contribution in [0.2, 0.25) is 0 Å². The van der Waals surface area contributed by atoms with E-state index < -0.39 is 7.37 Å². The predicted molar refractivity (Wildman–Crippen MR) is 147 cm³/mol. The van der Waals surface area contributed by atoms with Gasteiger partial charge in [0.2, 0.25) is 0 Å². The summed E-state index contributed by atoms with van der Waals surface area (Å²) in [5, 5.41) is 0. The van der Waals surface area contributed by atoms with E-state index in [4.69, 9.17) is 14.2 Å². The third-order valence-electron chi connectivity index (χ3n) is 6.33. The third kappa shape index (κ3) is 7.67. The van der Waals surface area contributed by atoms with Gasteiger partial charge in [-0.3, -0.25) is 4.57 Å². The van der Waals surface area contributed by atoms with Gasteiger partial charge >= 0.3 is 0 Å². The zero-order valence-corrected chi connectivity index (χ0v) is 23.6. The summed E-state index contributed by atoms with van der Waals surface area (Å²) < 4.78 is 44.2. The lowest BCUT2D eigenvalue weighted by Crippen LogP contribution is -2.21. The molecule has 37 heavy (non-hydrogen) atoms. The molecule has 0 saturated carbocycles. The lowest BCUT2D eigenvalue weighted by atomic mass is 9.81. The maximum Gasteiger partial charge on any atom is 0.198 e. The first-order valence-corrected chi connectivity index (χ1v) is 14.6. The molecule has 3 atom stereocenters. The first-order chi connectivity index (χ1) is 17.3. The number of halogens is 1. The Morgan fingerprint density at radius 3 is 2.32 bits per heavy atom. The van der Waals surface area contributed by atoms with Crippen molar-refractivity contribution in [1.82, 2.24) is 0 Å². The van der Waals surface area contributed by atoms with E-state index in [1.54, 1.807) is 26.4 Å². The minimum atomic E-state index is -3.12. The van der Waals surface area contributed by atoms with Gasteiger partial charge < -0.3 is 19.1 Å². The maximum atomic E-state index is 15.0. The van der Waals surface area contributed by atoms with Crippen LogP contribution in [0.5, 0.6) is 11.5 Å². The fourth-order valence-electron chi connectivity index (χ4n) is 4.64. The number of hydrogen-bond donors (Lipinski definition) is 1. The van der Waals surface area contributed by atoms with E-state index in [1.165, 1.54) is 12.7 Å². The summed E-state index contributed by atoms with van der Waals surface area (Å²) >= 11 is 0. The van der Waals surface area contributed by atoms with E-state index in [-0.39, 0.29) is 29.4 Å². The molecule has 0 aliphatic carbocycles. The molecule has 0 spiro atoms. The molecule has 0 aromatic heterocycles. The molecule has 3 aromatic carbocycles. The van der Waals surface area contributed by atoms with Gasteiger partial charge in [0.05, 0.1) is 13.2 Å². The summed E-state index contributed by atoms with van der Waals surface area (Å²) in [6.45, 7) is 9.89. The minimum absolute atomic E-state index is 0.0673. The van der Waals surface area contributed by atoms with E-state index in [0.29, 0.717) is 23.7 Å². The van der Waals surface area contributed by atoms with Gasteiger partial charge in [0, 0.05) is 25.5 Å². The molecule has 0 fully saturated rings. The van der Waals surface area contributed by atoms with Crippen LogP contribution in [0, 0.1) is 11.2 Å². The topological polar surface area (TPSA) is 65.0 Å². The molecule has 0 aliphatic rings. The van der Waals surface area contributed by atoms with Crippen molar-refractivity contribution in [2.24, 2.45) is 5.41 Å². The molecule has 0 amide bonds. The van der Waals surface area contributed by atoms with E-state index in [1.807, 2.05) is 49.4 Å². The molecule has 7 heteroatoms. The molecular formula is C30H38FO5P. The van der Waals surface area contributed by atoms with Crippen LogP contribution in [0.4, 0.5) is 4.39 Å². The van der Waals surface area contributed by atoms with Gasteiger partial charge in [0.1, 0.15) is 23.9 Å².